The average molecular weight is 683 g/mol. The quantitative estimate of drug-likeness (QED) is 0.256. The molecule has 248 valence electrons. The van der Waals surface area contributed by atoms with Crippen LogP contribution in [0.2, 0.25) is 5.02 Å². The molecule has 1 N–H and O–H groups in total. The van der Waals surface area contributed by atoms with Gasteiger partial charge in [0.2, 0.25) is 5.91 Å². The van der Waals surface area contributed by atoms with Crippen LogP contribution in [-0.4, -0.2) is 69.2 Å². The lowest BCUT2D eigenvalue weighted by atomic mass is 9.97. The van der Waals surface area contributed by atoms with Crippen molar-refractivity contribution in [2.24, 2.45) is 5.92 Å². The summed E-state index contributed by atoms with van der Waals surface area (Å²) in [5.74, 6) is -3.03. The maximum atomic E-state index is 13.8. The van der Waals surface area contributed by atoms with Crippen LogP contribution in [0.5, 0.6) is 0 Å². The molecule has 5 aromatic rings. The standard InChI is InChI=1S/C30H26ClF3N10O4/c1-17-3-2-4-25(42-15-36-21(13-26(42)45)20-12-19(31)5-6-24(20)44-16-37-40-41-44)22-11-18(7-8-35-22)27-23(39-28(17)46)14-38-43(27)9-10-48-29(47)30(32,33)34/h5-8,11-17,25H,2-4,9-10H2,1H3,(H,39,46)/t17-,25+/m1/s1. The fourth-order valence-corrected chi connectivity index (χ4v) is 5.62. The summed E-state index contributed by atoms with van der Waals surface area (Å²) in [5.41, 5.74) is 2.73. The molecule has 0 spiro atoms. The van der Waals surface area contributed by atoms with Crippen molar-refractivity contribution >= 4 is 29.2 Å². The molecule has 0 saturated carbocycles. The molecule has 0 saturated heterocycles. The number of anilines is 1. The molecule has 14 nitrogen and oxygen atoms in total. The van der Waals surface area contributed by atoms with Gasteiger partial charge in [-0.15, -0.1) is 5.10 Å². The summed E-state index contributed by atoms with van der Waals surface area (Å²) in [7, 11) is 0. The minimum atomic E-state index is -5.14. The number of fused-ring (bicyclic) bond motifs is 4. The van der Waals surface area contributed by atoms with E-state index in [9.17, 15) is 27.6 Å². The first-order valence-electron chi connectivity index (χ1n) is 14.7. The molecule has 1 aliphatic rings. The highest BCUT2D eigenvalue weighted by molar-refractivity contribution is 6.31. The third-order valence-corrected chi connectivity index (χ3v) is 8.06. The third-order valence-electron chi connectivity index (χ3n) is 7.83. The maximum absolute atomic E-state index is 13.8. The van der Waals surface area contributed by atoms with Crippen LogP contribution in [0.25, 0.3) is 28.2 Å². The summed E-state index contributed by atoms with van der Waals surface area (Å²) >= 11 is 6.28. The molecule has 2 atom stereocenters. The van der Waals surface area contributed by atoms with Gasteiger partial charge >= 0.3 is 12.1 Å². The second-order valence-corrected chi connectivity index (χ2v) is 11.4. The van der Waals surface area contributed by atoms with E-state index in [2.05, 4.69) is 40.6 Å². The number of pyridine rings is 1. The Labute approximate surface area is 274 Å². The Hall–Kier alpha value is -5.45. The highest BCUT2D eigenvalue weighted by Gasteiger charge is 2.40. The SMILES string of the molecule is C[C@@H]1CCC[C@H](n2cnc(-c3cc(Cl)ccc3-n3cnnn3)cc2=O)c2cc(ccn2)-c2c(cnn2CCOC(=O)C(F)(F)F)NC1=O. The number of amides is 1. The number of carbonyl (C=O) groups is 2. The van der Waals surface area contributed by atoms with Crippen LogP contribution in [0.1, 0.15) is 37.9 Å². The van der Waals surface area contributed by atoms with Gasteiger partial charge in [0, 0.05) is 34.3 Å². The van der Waals surface area contributed by atoms with Gasteiger partial charge in [-0.3, -0.25) is 23.8 Å². The van der Waals surface area contributed by atoms with E-state index in [1.807, 2.05) is 0 Å². The van der Waals surface area contributed by atoms with Crippen LogP contribution >= 0.6 is 11.6 Å². The minimum Gasteiger partial charge on any atom is -0.457 e. The van der Waals surface area contributed by atoms with Gasteiger partial charge in [-0.1, -0.05) is 24.9 Å². The van der Waals surface area contributed by atoms with E-state index in [-0.39, 0.29) is 18.0 Å². The third kappa shape index (κ3) is 6.80. The topological polar surface area (TPSA) is 165 Å². The van der Waals surface area contributed by atoms with E-state index >= 15 is 0 Å². The van der Waals surface area contributed by atoms with E-state index in [1.54, 1.807) is 37.3 Å². The van der Waals surface area contributed by atoms with E-state index in [0.29, 0.717) is 63.9 Å². The molecule has 0 unspecified atom stereocenters. The molecular weight excluding hydrogens is 657 g/mol. The van der Waals surface area contributed by atoms with Crippen molar-refractivity contribution in [3.63, 3.8) is 0 Å². The summed E-state index contributed by atoms with van der Waals surface area (Å²) in [6.07, 6.45) is 2.07. The Morgan fingerprint density at radius 2 is 1.94 bits per heavy atom. The largest absolute Gasteiger partial charge is 0.490 e. The van der Waals surface area contributed by atoms with Gasteiger partial charge in [-0.2, -0.15) is 23.0 Å². The highest BCUT2D eigenvalue weighted by Crippen LogP contribution is 2.33. The molecule has 48 heavy (non-hydrogen) atoms. The highest BCUT2D eigenvalue weighted by atomic mass is 35.5. The Morgan fingerprint density at radius 1 is 1.10 bits per heavy atom. The number of halogens is 4. The van der Waals surface area contributed by atoms with Crippen molar-refractivity contribution in [1.82, 2.24) is 44.5 Å². The van der Waals surface area contributed by atoms with Crippen molar-refractivity contribution < 1.29 is 27.5 Å². The number of carbonyl (C=O) groups excluding carboxylic acids is 2. The van der Waals surface area contributed by atoms with E-state index < -0.39 is 30.7 Å². The molecule has 0 fully saturated rings. The monoisotopic (exact) mass is 682 g/mol. The van der Waals surface area contributed by atoms with Crippen molar-refractivity contribution in [2.45, 2.75) is 44.9 Å². The molecule has 4 aromatic heterocycles. The van der Waals surface area contributed by atoms with Gasteiger partial charge < -0.3 is 10.1 Å². The van der Waals surface area contributed by atoms with Crippen LogP contribution in [0.15, 0.2) is 66.2 Å². The first-order valence-corrected chi connectivity index (χ1v) is 15.1. The van der Waals surface area contributed by atoms with Crippen LogP contribution < -0.4 is 10.9 Å². The van der Waals surface area contributed by atoms with Crippen LogP contribution in [0.3, 0.4) is 0 Å². The number of nitrogens with zero attached hydrogens (tertiary/aromatic N) is 9. The van der Waals surface area contributed by atoms with Crippen molar-refractivity contribution in [2.75, 3.05) is 11.9 Å². The van der Waals surface area contributed by atoms with Gasteiger partial charge in [0.1, 0.15) is 12.9 Å². The maximum Gasteiger partial charge on any atom is 0.490 e. The average Bonchev–Trinajstić information content (AvgIpc) is 3.73. The molecule has 6 rings (SSSR count). The molecule has 18 heteroatoms. The summed E-state index contributed by atoms with van der Waals surface area (Å²) in [6, 6.07) is 9.17. The molecule has 1 amide bonds. The Bertz CT molecular complexity index is 2030. The molecule has 1 aromatic carbocycles. The second kappa shape index (κ2) is 13.3. The zero-order valence-electron chi connectivity index (χ0n) is 25.1. The summed E-state index contributed by atoms with van der Waals surface area (Å²) in [5, 5.41) is 18.8. The van der Waals surface area contributed by atoms with Gasteiger partial charge in [0.05, 0.1) is 53.6 Å². The Morgan fingerprint density at radius 3 is 2.69 bits per heavy atom. The van der Waals surface area contributed by atoms with Crippen LogP contribution in [0.4, 0.5) is 18.9 Å². The number of benzene rings is 1. The van der Waals surface area contributed by atoms with E-state index in [1.165, 1.54) is 45.0 Å². The second-order valence-electron chi connectivity index (χ2n) is 11.0. The van der Waals surface area contributed by atoms with Gasteiger partial charge in [0.25, 0.3) is 5.56 Å². The number of aromatic nitrogens is 9. The number of hydrogen-bond donors (Lipinski definition) is 1. The summed E-state index contributed by atoms with van der Waals surface area (Å²) in [4.78, 5) is 47.3. The first kappa shape index (κ1) is 32.5. The summed E-state index contributed by atoms with van der Waals surface area (Å²) in [6.45, 7) is 0.918. The number of rotatable bonds is 6. The number of tetrazole rings is 1. The van der Waals surface area contributed by atoms with Gasteiger partial charge in [-0.25, -0.2) is 9.78 Å². The molecule has 5 heterocycles. The number of ether oxygens (including phenoxy) is 1. The Balaban J connectivity index is 1.38. The molecule has 2 bridgehead atoms. The molecule has 0 aliphatic carbocycles. The molecule has 0 radical (unpaired) electrons. The van der Waals surface area contributed by atoms with Crippen molar-refractivity contribution in [3.05, 3.63) is 82.5 Å². The predicted octanol–water partition coefficient (Wildman–Crippen LogP) is 4.25. The minimum absolute atomic E-state index is 0.231. The normalized spacial score (nSPS) is 16.7. The molecule has 1 aliphatic heterocycles. The fraction of sp³-hybridized carbons (Fsp3) is 0.300. The first-order chi connectivity index (χ1) is 23.0. The fourth-order valence-electron chi connectivity index (χ4n) is 5.45. The summed E-state index contributed by atoms with van der Waals surface area (Å²) < 4.78 is 46.6. The number of hydrogen-bond acceptors (Lipinski definition) is 10. The number of alkyl halides is 3. The van der Waals surface area contributed by atoms with Crippen LogP contribution in [-0.2, 0) is 20.9 Å². The lowest BCUT2D eigenvalue weighted by molar-refractivity contribution is -0.199. The lowest BCUT2D eigenvalue weighted by Crippen LogP contribution is -2.27. The van der Waals surface area contributed by atoms with Crippen molar-refractivity contribution in [1.29, 1.82) is 0 Å². The number of esters is 1. The zero-order valence-corrected chi connectivity index (χ0v) is 25.9. The molecular formula is C30H26ClF3N10O4. The Kier molecular flexibility index (Phi) is 9.03. The van der Waals surface area contributed by atoms with Gasteiger partial charge in [0.15, 0.2) is 0 Å². The van der Waals surface area contributed by atoms with E-state index in [4.69, 9.17) is 11.6 Å². The number of nitrogens with one attached hydrogen (secondary N) is 1. The van der Waals surface area contributed by atoms with Crippen molar-refractivity contribution in [3.8, 4) is 28.2 Å². The zero-order chi connectivity index (χ0) is 34.0. The van der Waals surface area contributed by atoms with Gasteiger partial charge in [-0.05, 0) is 53.6 Å². The lowest BCUT2D eigenvalue weighted by Gasteiger charge is -2.22. The van der Waals surface area contributed by atoms with E-state index in [0.717, 1.165) is 0 Å². The smallest absolute Gasteiger partial charge is 0.457 e. The predicted molar refractivity (Wildman–Crippen MR) is 164 cm³/mol. The van der Waals surface area contributed by atoms with Crippen LogP contribution in [0, 0.1) is 5.92 Å².